The summed E-state index contributed by atoms with van der Waals surface area (Å²) in [5.74, 6) is 1.12. The second-order valence-electron chi connectivity index (χ2n) is 7.86. The number of carboxylic acid groups (broad SMARTS) is 1. The molecule has 0 saturated heterocycles. The normalized spacial score (nSPS) is 34.2. The molecule has 128 valence electrons. The van der Waals surface area contributed by atoms with Gasteiger partial charge in [-0.1, -0.05) is 0 Å². The van der Waals surface area contributed by atoms with E-state index in [2.05, 4.69) is 10.6 Å². The van der Waals surface area contributed by atoms with Gasteiger partial charge in [0.1, 0.15) is 0 Å². The third-order valence-corrected chi connectivity index (χ3v) is 5.81. The van der Waals surface area contributed by atoms with E-state index in [4.69, 9.17) is 5.11 Å². The van der Waals surface area contributed by atoms with E-state index in [9.17, 15) is 14.4 Å². The first kappa shape index (κ1) is 16.3. The Labute approximate surface area is 136 Å². The Bertz CT molecular complexity index is 468. The minimum Gasteiger partial charge on any atom is -0.481 e. The molecule has 0 aromatic carbocycles. The van der Waals surface area contributed by atoms with Gasteiger partial charge in [-0.15, -0.1) is 0 Å². The second kappa shape index (κ2) is 6.49. The van der Waals surface area contributed by atoms with Gasteiger partial charge in [-0.2, -0.15) is 0 Å². The highest BCUT2D eigenvalue weighted by molar-refractivity contribution is 5.85. The monoisotopic (exact) mass is 322 g/mol. The number of amides is 2. The van der Waals surface area contributed by atoms with Gasteiger partial charge in [0, 0.05) is 13.0 Å². The number of nitrogens with one attached hydrogen (secondary N) is 2. The number of carbonyl (C=O) groups is 3. The molecule has 0 atom stereocenters. The van der Waals surface area contributed by atoms with E-state index in [1.165, 1.54) is 38.5 Å². The summed E-state index contributed by atoms with van der Waals surface area (Å²) in [6, 6.07) is 0. The molecule has 4 aliphatic rings. The Morgan fingerprint density at radius 2 is 1.48 bits per heavy atom. The SMILES string of the molecule is O=C(O)CCNC(=O)CNC(=O)CC12CC3CC(CC(C3)C1)C2. The lowest BCUT2D eigenvalue weighted by Crippen LogP contribution is -2.48. The lowest BCUT2D eigenvalue weighted by atomic mass is 9.49. The lowest BCUT2D eigenvalue weighted by Gasteiger charge is -2.56. The molecule has 6 nitrogen and oxygen atoms in total. The molecule has 4 fully saturated rings. The third-order valence-electron chi connectivity index (χ3n) is 5.81. The highest BCUT2D eigenvalue weighted by Gasteiger charge is 2.51. The van der Waals surface area contributed by atoms with Crippen LogP contribution in [0.2, 0.25) is 0 Å². The van der Waals surface area contributed by atoms with Crippen molar-refractivity contribution in [2.75, 3.05) is 13.1 Å². The van der Waals surface area contributed by atoms with Crippen LogP contribution >= 0.6 is 0 Å². The highest BCUT2D eigenvalue weighted by atomic mass is 16.4. The van der Waals surface area contributed by atoms with Crippen LogP contribution in [0, 0.1) is 23.2 Å². The van der Waals surface area contributed by atoms with Crippen molar-refractivity contribution in [1.29, 1.82) is 0 Å². The van der Waals surface area contributed by atoms with Gasteiger partial charge < -0.3 is 15.7 Å². The van der Waals surface area contributed by atoms with Crippen molar-refractivity contribution >= 4 is 17.8 Å². The highest BCUT2D eigenvalue weighted by Crippen LogP contribution is 2.61. The molecule has 23 heavy (non-hydrogen) atoms. The second-order valence-corrected chi connectivity index (χ2v) is 7.86. The fraction of sp³-hybridized carbons (Fsp3) is 0.824. The molecule has 3 N–H and O–H groups in total. The predicted octanol–water partition coefficient (Wildman–Crippen LogP) is 1.30. The number of hydrogen-bond donors (Lipinski definition) is 3. The van der Waals surface area contributed by atoms with Crippen molar-refractivity contribution in [3.63, 3.8) is 0 Å². The van der Waals surface area contributed by atoms with Crippen molar-refractivity contribution in [1.82, 2.24) is 10.6 Å². The van der Waals surface area contributed by atoms with Crippen LogP contribution in [0.5, 0.6) is 0 Å². The van der Waals surface area contributed by atoms with Gasteiger partial charge in [0.15, 0.2) is 0 Å². The quantitative estimate of drug-likeness (QED) is 0.658. The largest absolute Gasteiger partial charge is 0.481 e. The van der Waals surface area contributed by atoms with Crippen LogP contribution in [0.4, 0.5) is 0 Å². The van der Waals surface area contributed by atoms with E-state index in [1.807, 2.05) is 0 Å². The summed E-state index contributed by atoms with van der Waals surface area (Å²) in [5.41, 5.74) is 0.179. The first-order valence-corrected chi connectivity index (χ1v) is 8.69. The molecule has 2 amide bonds. The van der Waals surface area contributed by atoms with E-state index >= 15 is 0 Å². The Morgan fingerprint density at radius 1 is 0.913 bits per heavy atom. The average Bonchev–Trinajstić information content (AvgIpc) is 2.42. The summed E-state index contributed by atoms with van der Waals surface area (Å²) in [5, 5.41) is 13.7. The Balaban J connectivity index is 1.41. The van der Waals surface area contributed by atoms with Crippen LogP contribution in [0.25, 0.3) is 0 Å². The molecular weight excluding hydrogens is 296 g/mol. The molecule has 0 unspecified atom stereocenters. The van der Waals surface area contributed by atoms with Crippen molar-refractivity contribution < 1.29 is 19.5 Å². The Hall–Kier alpha value is -1.59. The summed E-state index contributed by atoms with van der Waals surface area (Å²) >= 11 is 0. The summed E-state index contributed by atoms with van der Waals surface area (Å²) < 4.78 is 0. The van der Waals surface area contributed by atoms with Crippen molar-refractivity contribution in [2.24, 2.45) is 23.2 Å². The number of rotatable bonds is 7. The van der Waals surface area contributed by atoms with Crippen LogP contribution in [0.1, 0.15) is 51.4 Å². The van der Waals surface area contributed by atoms with Crippen LogP contribution < -0.4 is 10.6 Å². The maximum atomic E-state index is 12.2. The van der Waals surface area contributed by atoms with E-state index in [0.29, 0.717) is 6.42 Å². The summed E-state index contributed by atoms with van der Waals surface area (Å²) in [4.78, 5) is 34.2. The van der Waals surface area contributed by atoms with Crippen LogP contribution in [0.3, 0.4) is 0 Å². The summed E-state index contributed by atoms with van der Waals surface area (Å²) in [7, 11) is 0. The predicted molar refractivity (Wildman–Crippen MR) is 83.5 cm³/mol. The number of hydrogen-bond acceptors (Lipinski definition) is 3. The molecule has 0 aromatic rings. The zero-order valence-electron chi connectivity index (χ0n) is 13.5. The first-order chi connectivity index (χ1) is 10.9. The maximum absolute atomic E-state index is 12.2. The van der Waals surface area contributed by atoms with Gasteiger partial charge in [-0.05, 0) is 61.7 Å². The zero-order chi connectivity index (χ0) is 16.4. The topological polar surface area (TPSA) is 95.5 Å². The Kier molecular flexibility index (Phi) is 4.60. The van der Waals surface area contributed by atoms with Crippen molar-refractivity contribution in [2.45, 2.75) is 51.4 Å². The van der Waals surface area contributed by atoms with Gasteiger partial charge in [0.2, 0.25) is 11.8 Å². The van der Waals surface area contributed by atoms with Gasteiger partial charge in [-0.25, -0.2) is 0 Å². The molecule has 4 bridgehead atoms. The van der Waals surface area contributed by atoms with Crippen molar-refractivity contribution in [3.8, 4) is 0 Å². The Morgan fingerprint density at radius 3 is 2.00 bits per heavy atom. The van der Waals surface area contributed by atoms with Crippen LogP contribution in [0.15, 0.2) is 0 Å². The molecule has 0 aromatic heterocycles. The standard InChI is InChI=1S/C17H26N2O4/c20-14(19-10-15(21)18-2-1-16(22)23)9-17-6-11-3-12(7-17)5-13(4-11)8-17/h11-13H,1-10H2,(H,18,21)(H,19,20)(H,22,23). The summed E-state index contributed by atoms with van der Waals surface area (Å²) in [6.07, 6.45) is 8.03. The van der Waals surface area contributed by atoms with Crippen molar-refractivity contribution in [3.05, 3.63) is 0 Å². The molecule has 0 radical (unpaired) electrons. The minimum atomic E-state index is -0.948. The van der Waals surface area contributed by atoms with Gasteiger partial charge in [0.05, 0.1) is 13.0 Å². The first-order valence-electron chi connectivity index (χ1n) is 8.69. The number of aliphatic carboxylic acids is 1. The molecule has 4 saturated carbocycles. The molecule has 4 aliphatic carbocycles. The van der Waals surface area contributed by atoms with Crippen LogP contribution in [-0.2, 0) is 14.4 Å². The van der Waals surface area contributed by atoms with Gasteiger partial charge in [0.25, 0.3) is 0 Å². The number of carboxylic acids is 1. The molecule has 0 aliphatic heterocycles. The average molecular weight is 322 g/mol. The minimum absolute atomic E-state index is 0.0414. The molecule has 0 spiro atoms. The molecule has 6 heteroatoms. The zero-order valence-corrected chi connectivity index (χ0v) is 13.5. The third kappa shape index (κ3) is 4.03. The lowest BCUT2D eigenvalue weighted by molar-refractivity contribution is -0.137. The van der Waals surface area contributed by atoms with Gasteiger partial charge in [-0.3, -0.25) is 14.4 Å². The van der Waals surface area contributed by atoms with E-state index in [-0.39, 0.29) is 36.7 Å². The fourth-order valence-electron chi connectivity index (χ4n) is 5.46. The van der Waals surface area contributed by atoms with E-state index < -0.39 is 5.97 Å². The van der Waals surface area contributed by atoms with E-state index in [0.717, 1.165) is 17.8 Å². The maximum Gasteiger partial charge on any atom is 0.305 e. The summed E-state index contributed by atoms with van der Waals surface area (Å²) in [6.45, 7) is 0.0316. The fourth-order valence-corrected chi connectivity index (χ4v) is 5.46. The van der Waals surface area contributed by atoms with Gasteiger partial charge >= 0.3 is 5.97 Å². The molecule has 4 rings (SSSR count). The van der Waals surface area contributed by atoms with Crippen LogP contribution in [-0.4, -0.2) is 36.0 Å². The molecule has 0 heterocycles. The smallest absolute Gasteiger partial charge is 0.305 e. The number of carbonyl (C=O) groups excluding carboxylic acids is 2. The van der Waals surface area contributed by atoms with E-state index in [1.54, 1.807) is 0 Å². The molecular formula is C17H26N2O4.